The van der Waals surface area contributed by atoms with Crippen LogP contribution in [0.25, 0.3) is 10.9 Å². The van der Waals surface area contributed by atoms with Crippen molar-refractivity contribution in [2.75, 3.05) is 18.0 Å². The van der Waals surface area contributed by atoms with E-state index in [9.17, 15) is 0 Å². The Labute approximate surface area is 153 Å². The van der Waals surface area contributed by atoms with Gasteiger partial charge in [-0.2, -0.15) is 4.98 Å². The maximum absolute atomic E-state index is 6.36. The lowest BCUT2D eigenvalue weighted by Crippen LogP contribution is -2.35. The van der Waals surface area contributed by atoms with Gasteiger partial charge >= 0.3 is 0 Å². The number of fused-ring (bicyclic) bond motifs is 1. The van der Waals surface area contributed by atoms with Crippen molar-refractivity contribution in [3.8, 4) is 0 Å². The third kappa shape index (κ3) is 3.00. The van der Waals surface area contributed by atoms with E-state index in [-0.39, 0.29) is 5.92 Å². The summed E-state index contributed by atoms with van der Waals surface area (Å²) in [5.41, 5.74) is 0.827. The van der Waals surface area contributed by atoms with Gasteiger partial charge in [0, 0.05) is 22.9 Å². The Balaban J connectivity index is 1.64. The highest BCUT2D eigenvalue weighted by Gasteiger charge is 2.26. The largest absolute Gasteiger partial charge is 0.356 e. The van der Waals surface area contributed by atoms with Crippen molar-refractivity contribution < 1.29 is 4.52 Å². The zero-order chi connectivity index (χ0) is 16.7. The summed E-state index contributed by atoms with van der Waals surface area (Å²) in [6.45, 7) is 3.64. The maximum atomic E-state index is 6.36. The number of benzene rings is 1. The van der Waals surface area contributed by atoms with Crippen molar-refractivity contribution in [2.24, 2.45) is 0 Å². The summed E-state index contributed by atoms with van der Waals surface area (Å²) in [4.78, 5) is 11.4. The van der Waals surface area contributed by atoms with E-state index in [0.717, 1.165) is 53.0 Å². The molecule has 4 rings (SSSR count). The minimum absolute atomic E-state index is 0.248. The SMILES string of the molecule is Cc1noc(C2CCCN(c3ccc4cc(Br)cc(Cl)c4n3)C2)n1. The summed E-state index contributed by atoms with van der Waals surface area (Å²) < 4.78 is 6.31. The molecule has 3 aromatic rings. The van der Waals surface area contributed by atoms with E-state index >= 15 is 0 Å². The van der Waals surface area contributed by atoms with Gasteiger partial charge in [0.05, 0.1) is 16.5 Å². The van der Waals surface area contributed by atoms with Crippen LogP contribution in [0.2, 0.25) is 5.02 Å². The quantitative estimate of drug-likeness (QED) is 0.615. The zero-order valence-electron chi connectivity index (χ0n) is 13.2. The number of aryl methyl sites for hydroxylation is 1. The van der Waals surface area contributed by atoms with Crippen molar-refractivity contribution in [1.82, 2.24) is 15.1 Å². The Bertz CT molecular complexity index is 897. The van der Waals surface area contributed by atoms with Crippen LogP contribution in [-0.4, -0.2) is 28.2 Å². The Kier molecular flexibility index (Phi) is 4.18. The Morgan fingerprint density at radius 3 is 2.96 bits per heavy atom. The number of pyridine rings is 1. The van der Waals surface area contributed by atoms with Crippen LogP contribution in [0.1, 0.15) is 30.5 Å². The number of hydrogen-bond donors (Lipinski definition) is 0. The van der Waals surface area contributed by atoms with Gasteiger partial charge in [-0.05, 0) is 44.0 Å². The van der Waals surface area contributed by atoms with Gasteiger partial charge in [-0.3, -0.25) is 0 Å². The second-order valence-electron chi connectivity index (χ2n) is 6.09. The maximum Gasteiger partial charge on any atom is 0.231 e. The average molecular weight is 408 g/mol. The molecule has 0 saturated carbocycles. The lowest BCUT2D eigenvalue weighted by molar-refractivity contribution is 0.331. The smallest absolute Gasteiger partial charge is 0.231 e. The summed E-state index contributed by atoms with van der Waals surface area (Å²) in [5, 5.41) is 5.59. The first-order chi connectivity index (χ1) is 11.6. The predicted molar refractivity (Wildman–Crippen MR) is 97.7 cm³/mol. The fourth-order valence-corrected chi connectivity index (χ4v) is 4.07. The topological polar surface area (TPSA) is 55.1 Å². The molecule has 0 spiro atoms. The molecule has 1 unspecified atom stereocenters. The highest BCUT2D eigenvalue weighted by Crippen LogP contribution is 2.32. The fraction of sp³-hybridized carbons (Fsp3) is 0.353. The molecule has 1 atom stereocenters. The van der Waals surface area contributed by atoms with E-state index in [0.29, 0.717) is 10.8 Å². The molecule has 1 fully saturated rings. The van der Waals surface area contributed by atoms with Gasteiger partial charge in [0.1, 0.15) is 5.82 Å². The second-order valence-corrected chi connectivity index (χ2v) is 7.42. The standard InChI is InChI=1S/C17H16BrClN4O/c1-10-20-17(24-22-10)12-3-2-6-23(9-12)15-5-4-11-7-13(18)8-14(19)16(11)21-15/h4-5,7-8,12H,2-3,6,9H2,1H3. The number of anilines is 1. The first kappa shape index (κ1) is 15.8. The van der Waals surface area contributed by atoms with Gasteiger partial charge in [-0.1, -0.05) is 32.7 Å². The van der Waals surface area contributed by atoms with Gasteiger partial charge in [0.25, 0.3) is 0 Å². The summed E-state index contributed by atoms with van der Waals surface area (Å²) in [6, 6.07) is 8.01. The van der Waals surface area contributed by atoms with E-state index in [2.05, 4.69) is 37.0 Å². The van der Waals surface area contributed by atoms with Crippen LogP contribution in [-0.2, 0) is 0 Å². The summed E-state index contributed by atoms with van der Waals surface area (Å²) in [6.07, 6.45) is 2.12. The average Bonchev–Trinajstić information content (AvgIpc) is 3.01. The van der Waals surface area contributed by atoms with Crippen molar-refractivity contribution >= 4 is 44.3 Å². The Hall–Kier alpha value is -1.66. The summed E-state index contributed by atoms with van der Waals surface area (Å²) in [7, 11) is 0. The first-order valence-corrected chi connectivity index (χ1v) is 9.08. The minimum atomic E-state index is 0.248. The van der Waals surface area contributed by atoms with Crippen molar-refractivity contribution in [1.29, 1.82) is 0 Å². The van der Waals surface area contributed by atoms with E-state index in [4.69, 9.17) is 21.1 Å². The van der Waals surface area contributed by atoms with Crippen LogP contribution in [0.3, 0.4) is 0 Å². The molecule has 1 aromatic carbocycles. The molecule has 24 heavy (non-hydrogen) atoms. The molecule has 1 saturated heterocycles. The molecule has 0 aliphatic carbocycles. The molecule has 5 nitrogen and oxygen atoms in total. The number of hydrogen-bond acceptors (Lipinski definition) is 5. The Morgan fingerprint density at radius 1 is 1.29 bits per heavy atom. The third-order valence-electron chi connectivity index (χ3n) is 4.33. The number of halogens is 2. The van der Waals surface area contributed by atoms with E-state index < -0.39 is 0 Å². The molecule has 0 amide bonds. The fourth-order valence-electron chi connectivity index (χ4n) is 3.19. The summed E-state index contributed by atoms with van der Waals surface area (Å²) in [5.74, 6) is 2.59. The molecule has 1 aliphatic rings. The van der Waals surface area contributed by atoms with Crippen molar-refractivity contribution in [3.63, 3.8) is 0 Å². The van der Waals surface area contributed by atoms with Gasteiger partial charge < -0.3 is 9.42 Å². The second kappa shape index (κ2) is 6.33. The first-order valence-electron chi connectivity index (χ1n) is 7.91. The van der Waals surface area contributed by atoms with Gasteiger partial charge in [-0.25, -0.2) is 4.98 Å². The molecular formula is C17H16BrClN4O. The molecule has 124 valence electrons. The number of aromatic nitrogens is 3. The van der Waals surface area contributed by atoms with Crippen LogP contribution < -0.4 is 4.90 Å². The van der Waals surface area contributed by atoms with Crippen molar-refractivity contribution in [3.05, 3.63) is 45.5 Å². The zero-order valence-corrected chi connectivity index (χ0v) is 15.5. The van der Waals surface area contributed by atoms with Gasteiger partial charge in [0.15, 0.2) is 5.82 Å². The minimum Gasteiger partial charge on any atom is -0.356 e. The van der Waals surface area contributed by atoms with Crippen molar-refractivity contribution in [2.45, 2.75) is 25.7 Å². The molecule has 2 aromatic heterocycles. The molecule has 0 radical (unpaired) electrons. The molecular weight excluding hydrogens is 392 g/mol. The number of rotatable bonds is 2. The van der Waals surface area contributed by atoms with E-state index in [1.807, 2.05) is 25.1 Å². The van der Waals surface area contributed by atoms with E-state index in [1.165, 1.54) is 0 Å². The predicted octanol–water partition coefficient (Wildman–Crippen LogP) is 4.73. The lowest BCUT2D eigenvalue weighted by atomic mass is 9.98. The number of nitrogens with zero attached hydrogens (tertiary/aromatic N) is 4. The monoisotopic (exact) mass is 406 g/mol. The Morgan fingerprint density at radius 2 is 2.17 bits per heavy atom. The lowest BCUT2D eigenvalue weighted by Gasteiger charge is -2.32. The highest BCUT2D eigenvalue weighted by molar-refractivity contribution is 9.10. The van der Waals surface area contributed by atoms with Crippen LogP contribution in [0.15, 0.2) is 33.3 Å². The molecule has 7 heteroatoms. The number of piperidine rings is 1. The van der Waals surface area contributed by atoms with E-state index in [1.54, 1.807) is 0 Å². The van der Waals surface area contributed by atoms with Crippen LogP contribution in [0.5, 0.6) is 0 Å². The molecule has 0 N–H and O–H groups in total. The normalized spacial score (nSPS) is 18.3. The molecule has 0 bridgehead atoms. The molecule has 1 aliphatic heterocycles. The summed E-state index contributed by atoms with van der Waals surface area (Å²) >= 11 is 9.82. The third-order valence-corrected chi connectivity index (χ3v) is 5.08. The molecule has 3 heterocycles. The van der Waals surface area contributed by atoms with Gasteiger partial charge in [-0.15, -0.1) is 0 Å². The highest BCUT2D eigenvalue weighted by atomic mass is 79.9. The van der Waals surface area contributed by atoms with Gasteiger partial charge in [0.2, 0.25) is 5.89 Å². The van der Waals surface area contributed by atoms with Crippen LogP contribution >= 0.6 is 27.5 Å². The van der Waals surface area contributed by atoms with Crippen LogP contribution in [0.4, 0.5) is 5.82 Å². The van der Waals surface area contributed by atoms with Crippen LogP contribution in [0, 0.1) is 6.92 Å².